The molecule has 2 saturated heterocycles. The molecule has 3 aromatic rings. The van der Waals surface area contributed by atoms with Gasteiger partial charge in [-0.3, -0.25) is 14.4 Å². The highest BCUT2D eigenvalue weighted by molar-refractivity contribution is 5.99. The summed E-state index contributed by atoms with van der Waals surface area (Å²) in [5, 5.41) is 8.41. The zero-order valence-corrected chi connectivity index (χ0v) is 36.3. The average molecular weight is 823 g/mol. The molecule has 0 unspecified atom stereocenters. The summed E-state index contributed by atoms with van der Waals surface area (Å²) >= 11 is 0. The molecule has 0 saturated carbocycles. The third-order valence-electron chi connectivity index (χ3n) is 11.1. The number of nitrogens with one attached hydrogen (secondary N) is 3. The zero-order chi connectivity index (χ0) is 43.6. The number of nitrogens with zero attached hydrogens (tertiary/aromatic N) is 3. The molecule has 0 aliphatic carbocycles. The maximum atomic E-state index is 13.7. The van der Waals surface area contributed by atoms with Crippen LogP contribution in [0.25, 0.3) is 6.08 Å². The van der Waals surface area contributed by atoms with Crippen LogP contribution in [0.1, 0.15) is 83.9 Å². The van der Waals surface area contributed by atoms with E-state index in [4.69, 9.17) is 9.47 Å². The van der Waals surface area contributed by atoms with Crippen LogP contribution in [-0.2, 0) is 36.9 Å². The Bertz CT molecular complexity index is 1970. The summed E-state index contributed by atoms with van der Waals surface area (Å²) < 4.78 is 9.56. The Balaban J connectivity index is 1.22. The monoisotopic (exact) mass is 822 g/mol. The minimum Gasteiger partial charge on any atom is -0.453 e. The lowest BCUT2D eigenvalue weighted by Crippen LogP contribution is -2.57. The summed E-state index contributed by atoms with van der Waals surface area (Å²) in [6, 6.07) is 24.1. The minimum atomic E-state index is -0.849. The fraction of sp³-hybridized carbons (Fsp3) is 0.468. The fourth-order valence-electron chi connectivity index (χ4n) is 7.75. The third-order valence-corrected chi connectivity index (χ3v) is 11.1. The van der Waals surface area contributed by atoms with Crippen molar-refractivity contribution in [2.24, 2.45) is 10.8 Å². The van der Waals surface area contributed by atoms with Gasteiger partial charge in [0.25, 0.3) is 0 Å². The highest BCUT2D eigenvalue weighted by atomic mass is 16.5. The normalized spacial score (nSPS) is 17.8. The lowest BCUT2D eigenvalue weighted by Gasteiger charge is -2.35. The van der Waals surface area contributed by atoms with Crippen molar-refractivity contribution in [1.29, 1.82) is 0 Å². The van der Waals surface area contributed by atoms with E-state index in [0.717, 1.165) is 35.2 Å². The SMILES string of the molecule is COC(=O)N[C@H](C(=O)N1CCC[C@H]1/C=C/c1ccc(CN(Cc2ccc(NC(=O)[C@@H]3CCCN3C(=O)[C@@H](NC(=O)OC)C(C)(C)C)cc2)c2ccccc2)cc1)C(C)(C)C. The van der Waals surface area contributed by atoms with Gasteiger partial charge in [-0.05, 0) is 77.5 Å². The standard InChI is InChI=1S/C47H62N6O7/c1-46(2,3)39(49-44(57)59-7)42(55)52-28-12-16-37(52)27-24-32-18-20-33(21-19-32)30-51(36-14-10-9-11-15-36)31-34-22-25-35(26-23-34)48-41(54)38-17-13-29-53(38)43(56)40(47(4,5)6)50-45(58)60-8/h9-11,14-15,18-27,37-40H,12-13,16-17,28-31H2,1-8H3,(H,48,54)(H,49,57)(H,50,58)/b27-24+/t37-,38-,39+,40+/m0/s1. The Hall–Kier alpha value is -5.85. The van der Waals surface area contributed by atoms with Crippen molar-refractivity contribution in [3.8, 4) is 0 Å². The van der Waals surface area contributed by atoms with Crippen LogP contribution in [0.3, 0.4) is 0 Å². The lowest BCUT2D eigenvalue weighted by molar-refractivity contribution is -0.140. The molecule has 2 aliphatic heterocycles. The van der Waals surface area contributed by atoms with Gasteiger partial charge in [-0.25, -0.2) is 9.59 Å². The first-order chi connectivity index (χ1) is 28.5. The molecule has 322 valence electrons. The van der Waals surface area contributed by atoms with Gasteiger partial charge in [0.15, 0.2) is 0 Å². The second-order valence-electron chi connectivity index (χ2n) is 17.8. The number of likely N-dealkylation sites (tertiary alicyclic amines) is 2. The molecule has 0 bridgehead atoms. The highest BCUT2D eigenvalue weighted by Crippen LogP contribution is 2.29. The van der Waals surface area contributed by atoms with Gasteiger partial charge in [-0.15, -0.1) is 0 Å². The molecule has 2 heterocycles. The summed E-state index contributed by atoms with van der Waals surface area (Å²) in [6.07, 6.45) is 5.78. The number of para-hydroxylation sites is 1. The van der Waals surface area contributed by atoms with Crippen LogP contribution < -0.4 is 20.9 Å². The van der Waals surface area contributed by atoms with Crippen LogP contribution in [0.2, 0.25) is 0 Å². The quantitative estimate of drug-likeness (QED) is 0.162. The molecule has 0 aromatic heterocycles. The number of hydrogen-bond donors (Lipinski definition) is 3. The second kappa shape index (κ2) is 19.9. The summed E-state index contributed by atoms with van der Waals surface area (Å²) in [7, 11) is 2.55. The van der Waals surface area contributed by atoms with Crippen LogP contribution in [0.5, 0.6) is 0 Å². The van der Waals surface area contributed by atoms with Crippen LogP contribution in [0, 0.1) is 10.8 Å². The maximum absolute atomic E-state index is 13.7. The molecule has 60 heavy (non-hydrogen) atoms. The molecule has 2 aliphatic rings. The first kappa shape index (κ1) is 45.2. The first-order valence-electron chi connectivity index (χ1n) is 20.8. The molecular formula is C47H62N6O7. The summed E-state index contributed by atoms with van der Waals surface area (Å²) in [5.41, 5.74) is 3.84. The molecular weight excluding hydrogens is 761 g/mol. The van der Waals surface area contributed by atoms with E-state index in [2.05, 4.69) is 69.4 Å². The Kier molecular flexibility index (Phi) is 15.0. The number of alkyl carbamates (subject to hydrolysis) is 2. The predicted molar refractivity (Wildman–Crippen MR) is 234 cm³/mol. The molecule has 5 rings (SSSR count). The number of methoxy groups -OCH3 is 2. The Labute approximate surface area is 354 Å². The summed E-state index contributed by atoms with van der Waals surface area (Å²) in [6.45, 7) is 13.7. The van der Waals surface area contributed by atoms with Crippen LogP contribution in [0.15, 0.2) is 84.9 Å². The molecule has 3 aromatic carbocycles. The maximum Gasteiger partial charge on any atom is 0.407 e. The van der Waals surface area contributed by atoms with Gasteiger partial charge in [0.1, 0.15) is 18.1 Å². The number of ether oxygens (including phenoxy) is 2. The number of benzene rings is 3. The van der Waals surface area contributed by atoms with Crippen molar-refractivity contribution in [1.82, 2.24) is 20.4 Å². The molecule has 4 atom stereocenters. The molecule has 3 N–H and O–H groups in total. The summed E-state index contributed by atoms with van der Waals surface area (Å²) in [5.74, 6) is -0.680. The number of hydrogen-bond acceptors (Lipinski definition) is 8. The molecule has 5 amide bonds. The van der Waals surface area contributed by atoms with Crippen molar-refractivity contribution in [3.05, 3.63) is 102 Å². The van der Waals surface area contributed by atoms with Gasteiger partial charge in [0, 0.05) is 37.6 Å². The highest BCUT2D eigenvalue weighted by Gasteiger charge is 2.42. The fourth-order valence-corrected chi connectivity index (χ4v) is 7.75. The van der Waals surface area contributed by atoms with Gasteiger partial charge in [-0.1, -0.05) is 108 Å². The van der Waals surface area contributed by atoms with Crippen LogP contribution >= 0.6 is 0 Å². The van der Waals surface area contributed by atoms with E-state index >= 15 is 0 Å². The molecule has 13 nitrogen and oxygen atoms in total. The van der Waals surface area contributed by atoms with Crippen molar-refractivity contribution in [2.45, 2.75) is 104 Å². The van der Waals surface area contributed by atoms with Crippen LogP contribution in [0.4, 0.5) is 21.0 Å². The largest absolute Gasteiger partial charge is 0.453 e. The van der Waals surface area contributed by atoms with E-state index in [0.29, 0.717) is 44.7 Å². The van der Waals surface area contributed by atoms with Gasteiger partial charge in [0.2, 0.25) is 17.7 Å². The van der Waals surface area contributed by atoms with E-state index in [1.807, 2.05) is 88.9 Å². The average Bonchev–Trinajstić information content (AvgIpc) is 3.92. The van der Waals surface area contributed by atoms with Gasteiger partial charge in [-0.2, -0.15) is 0 Å². The zero-order valence-electron chi connectivity index (χ0n) is 36.3. The van der Waals surface area contributed by atoms with E-state index in [1.165, 1.54) is 14.2 Å². The Morgan fingerprint density at radius 3 is 1.73 bits per heavy atom. The molecule has 13 heteroatoms. The van der Waals surface area contributed by atoms with E-state index in [1.54, 1.807) is 4.90 Å². The molecule has 0 spiro atoms. The second-order valence-corrected chi connectivity index (χ2v) is 17.8. The number of carbonyl (C=O) groups is 5. The topological polar surface area (TPSA) is 150 Å². The number of amides is 5. The predicted octanol–water partition coefficient (Wildman–Crippen LogP) is 7.37. The summed E-state index contributed by atoms with van der Waals surface area (Å²) in [4.78, 5) is 70.7. The lowest BCUT2D eigenvalue weighted by atomic mass is 9.85. The first-order valence-corrected chi connectivity index (χ1v) is 20.8. The van der Waals surface area contributed by atoms with E-state index in [-0.39, 0.29) is 23.8 Å². The van der Waals surface area contributed by atoms with Gasteiger partial charge in [0.05, 0.1) is 20.3 Å². The molecule has 0 radical (unpaired) electrons. The number of anilines is 2. The number of rotatable bonds is 13. The van der Waals surface area contributed by atoms with Crippen LogP contribution in [-0.4, -0.2) is 91.2 Å². The number of carbonyl (C=O) groups excluding carboxylic acids is 5. The van der Waals surface area contributed by atoms with Gasteiger partial charge >= 0.3 is 12.2 Å². The third kappa shape index (κ3) is 11.9. The van der Waals surface area contributed by atoms with E-state index in [9.17, 15) is 24.0 Å². The smallest absolute Gasteiger partial charge is 0.407 e. The van der Waals surface area contributed by atoms with Crippen molar-refractivity contribution >= 4 is 47.4 Å². The molecule has 2 fully saturated rings. The Morgan fingerprint density at radius 1 is 0.700 bits per heavy atom. The minimum absolute atomic E-state index is 0.0700. The van der Waals surface area contributed by atoms with E-state index < -0.39 is 41.1 Å². The van der Waals surface area contributed by atoms with Crippen molar-refractivity contribution in [2.75, 3.05) is 37.5 Å². The van der Waals surface area contributed by atoms with Gasteiger partial charge < -0.3 is 40.1 Å². The van der Waals surface area contributed by atoms with Crippen molar-refractivity contribution in [3.63, 3.8) is 0 Å². The Morgan fingerprint density at radius 2 is 1.20 bits per heavy atom. The van der Waals surface area contributed by atoms with Crippen molar-refractivity contribution < 1.29 is 33.4 Å².